The van der Waals surface area contributed by atoms with Crippen molar-refractivity contribution in [3.63, 3.8) is 0 Å². The van der Waals surface area contributed by atoms with Crippen molar-refractivity contribution in [3.8, 4) is 45.6 Å². The van der Waals surface area contributed by atoms with Crippen molar-refractivity contribution in [1.29, 1.82) is 0 Å². The summed E-state index contributed by atoms with van der Waals surface area (Å²) in [4.78, 5) is 0. The molecule has 0 saturated heterocycles. The molecule has 0 heterocycles. The largest absolute Gasteiger partial charge is 0.493 e. The van der Waals surface area contributed by atoms with Gasteiger partial charge in [-0.15, -0.1) is 0 Å². The first-order chi connectivity index (χ1) is 13.5. The Morgan fingerprint density at radius 2 is 0.857 bits per heavy atom. The van der Waals surface area contributed by atoms with Gasteiger partial charge in [0.25, 0.3) is 0 Å². The minimum Gasteiger partial charge on any atom is -0.493 e. The van der Waals surface area contributed by atoms with Crippen LogP contribution in [0, 0.1) is 0 Å². The molecule has 0 radical (unpaired) electrons. The number of rotatable bonds is 6. The number of fused-ring (bicyclic) bond motifs is 3. The van der Waals surface area contributed by atoms with Gasteiger partial charge in [-0.1, -0.05) is 0 Å². The number of ether oxygens (including phenoxy) is 6. The van der Waals surface area contributed by atoms with E-state index in [1.165, 1.54) is 42.7 Å². The molecule has 0 amide bonds. The summed E-state index contributed by atoms with van der Waals surface area (Å²) < 4.78 is 33.0. The normalized spacial score (nSPS) is 17.3. The monoisotopic (exact) mass is 392 g/mol. The lowest BCUT2D eigenvalue weighted by Gasteiger charge is -2.33. The van der Waals surface area contributed by atoms with Crippen LogP contribution in [-0.2, 0) is 0 Å². The quantitative estimate of drug-likeness (QED) is 0.774. The first-order valence-corrected chi connectivity index (χ1v) is 8.51. The zero-order valence-electron chi connectivity index (χ0n) is 16.7. The predicted molar refractivity (Wildman–Crippen MR) is 101 cm³/mol. The number of hydrogen-bond acceptors (Lipinski definition) is 8. The SMILES string of the molecule is COc1cc2c(c(OC)c1OC)-c1c(cc(OC)c(OC)c1OC)C(O)C2O. The fourth-order valence-electron chi connectivity index (χ4n) is 3.67. The average Bonchev–Trinajstić information content (AvgIpc) is 2.73. The Balaban J connectivity index is 2.51. The molecule has 2 aromatic carbocycles. The van der Waals surface area contributed by atoms with Crippen LogP contribution in [-0.4, -0.2) is 52.9 Å². The van der Waals surface area contributed by atoms with E-state index in [0.29, 0.717) is 56.8 Å². The van der Waals surface area contributed by atoms with Gasteiger partial charge in [0.05, 0.1) is 42.7 Å². The lowest BCUT2D eigenvalue weighted by atomic mass is 9.80. The Morgan fingerprint density at radius 3 is 1.11 bits per heavy atom. The molecular weight excluding hydrogens is 368 g/mol. The maximum atomic E-state index is 10.8. The molecule has 152 valence electrons. The van der Waals surface area contributed by atoms with Crippen LogP contribution in [0.5, 0.6) is 34.5 Å². The highest BCUT2D eigenvalue weighted by atomic mass is 16.5. The van der Waals surface area contributed by atoms with E-state index in [2.05, 4.69) is 0 Å². The lowest BCUT2D eigenvalue weighted by molar-refractivity contribution is 0.0151. The second-order valence-electron chi connectivity index (χ2n) is 6.11. The summed E-state index contributed by atoms with van der Waals surface area (Å²) in [5, 5.41) is 21.6. The van der Waals surface area contributed by atoms with Crippen molar-refractivity contribution in [2.45, 2.75) is 12.2 Å². The van der Waals surface area contributed by atoms with Crippen molar-refractivity contribution in [2.75, 3.05) is 42.7 Å². The third-order valence-corrected chi connectivity index (χ3v) is 4.91. The van der Waals surface area contributed by atoms with Gasteiger partial charge >= 0.3 is 0 Å². The van der Waals surface area contributed by atoms with Gasteiger partial charge in [-0.3, -0.25) is 0 Å². The molecule has 8 nitrogen and oxygen atoms in total. The highest BCUT2D eigenvalue weighted by molar-refractivity contribution is 5.90. The zero-order valence-corrected chi connectivity index (χ0v) is 16.7. The van der Waals surface area contributed by atoms with Gasteiger partial charge < -0.3 is 38.6 Å². The summed E-state index contributed by atoms with van der Waals surface area (Å²) in [5.41, 5.74) is 1.87. The molecule has 2 N–H and O–H groups in total. The molecule has 1 aliphatic carbocycles. The third kappa shape index (κ3) is 2.68. The summed E-state index contributed by atoms with van der Waals surface area (Å²) in [6.07, 6.45) is -2.45. The van der Waals surface area contributed by atoms with E-state index in [0.717, 1.165) is 0 Å². The number of benzene rings is 2. The highest BCUT2D eigenvalue weighted by Gasteiger charge is 2.39. The number of aliphatic hydroxyl groups excluding tert-OH is 2. The molecule has 8 heteroatoms. The van der Waals surface area contributed by atoms with Crippen molar-refractivity contribution in [2.24, 2.45) is 0 Å². The summed E-state index contributed by atoms with van der Waals surface area (Å²) in [6, 6.07) is 3.23. The van der Waals surface area contributed by atoms with E-state index in [4.69, 9.17) is 28.4 Å². The minimum atomic E-state index is -1.22. The van der Waals surface area contributed by atoms with E-state index in [1.54, 1.807) is 12.1 Å². The smallest absolute Gasteiger partial charge is 0.203 e. The maximum Gasteiger partial charge on any atom is 0.203 e. The van der Waals surface area contributed by atoms with Crippen molar-refractivity contribution >= 4 is 0 Å². The van der Waals surface area contributed by atoms with Gasteiger partial charge in [0.1, 0.15) is 12.2 Å². The second-order valence-corrected chi connectivity index (χ2v) is 6.11. The Labute approximate surface area is 163 Å². The second kappa shape index (κ2) is 7.65. The van der Waals surface area contributed by atoms with E-state index in [1.807, 2.05) is 0 Å². The molecule has 0 spiro atoms. The topological polar surface area (TPSA) is 95.8 Å². The van der Waals surface area contributed by atoms with Crippen LogP contribution >= 0.6 is 0 Å². The molecule has 0 aliphatic heterocycles. The lowest BCUT2D eigenvalue weighted by Crippen LogP contribution is -2.19. The van der Waals surface area contributed by atoms with E-state index >= 15 is 0 Å². The van der Waals surface area contributed by atoms with Crippen LogP contribution in [0.1, 0.15) is 23.3 Å². The van der Waals surface area contributed by atoms with Crippen LogP contribution in [0.15, 0.2) is 12.1 Å². The van der Waals surface area contributed by atoms with Gasteiger partial charge in [-0.05, 0) is 23.3 Å². The number of methoxy groups -OCH3 is 6. The number of aliphatic hydroxyl groups is 2. The van der Waals surface area contributed by atoms with Crippen LogP contribution in [0.4, 0.5) is 0 Å². The average molecular weight is 392 g/mol. The Morgan fingerprint density at radius 1 is 0.536 bits per heavy atom. The molecule has 2 atom stereocenters. The Hall–Kier alpha value is -2.84. The summed E-state index contributed by atoms with van der Waals surface area (Å²) in [7, 11) is 8.93. The fraction of sp³-hybridized carbons (Fsp3) is 0.400. The van der Waals surface area contributed by atoms with Gasteiger partial charge in [-0.2, -0.15) is 0 Å². The van der Waals surface area contributed by atoms with Gasteiger partial charge in [-0.25, -0.2) is 0 Å². The first-order valence-electron chi connectivity index (χ1n) is 8.51. The van der Waals surface area contributed by atoms with Crippen LogP contribution in [0.3, 0.4) is 0 Å². The predicted octanol–water partition coefficient (Wildman–Crippen LogP) is 2.49. The minimum absolute atomic E-state index is 0.342. The molecule has 2 aromatic rings. The molecule has 0 fully saturated rings. The Kier molecular flexibility index (Phi) is 5.44. The molecule has 28 heavy (non-hydrogen) atoms. The summed E-state index contributed by atoms with van der Waals surface area (Å²) in [6.45, 7) is 0. The summed E-state index contributed by atoms with van der Waals surface area (Å²) in [5.74, 6) is 2.13. The van der Waals surface area contributed by atoms with Gasteiger partial charge in [0, 0.05) is 11.1 Å². The molecule has 0 saturated carbocycles. The molecule has 0 bridgehead atoms. The molecule has 1 aliphatic rings. The van der Waals surface area contributed by atoms with E-state index in [-0.39, 0.29) is 0 Å². The highest BCUT2D eigenvalue weighted by Crippen LogP contribution is 2.59. The third-order valence-electron chi connectivity index (χ3n) is 4.91. The first kappa shape index (κ1) is 19.9. The van der Waals surface area contributed by atoms with Crippen molar-refractivity contribution in [3.05, 3.63) is 23.3 Å². The van der Waals surface area contributed by atoms with Gasteiger partial charge in [0.15, 0.2) is 23.0 Å². The summed E-state index contributed by atoms with van der Waals surface area (Å²) >= 11 is 0. The molecule has 0 aromatic heterocycles. The van der Waals surface area contributed by atoms with Crippen molar-refractivity contribution in [1.82, 2.24) is 0 Å². The van der Waals surface area contributed by atoms with E-state index < -0.39 is 12.2 Å². The van der Waals surface area contributed by atoms with Crippen LogP contribution in [0.25, 0.3) is 11.1 Å². The van der Waals surface area contributed by atoms with Crippen LogP contribution in [0.2, 0.25) is 0 Å². The molecular formula is C20H24O8. The fourth-order valence-corrected chi connectivity index (χ4v) is 3.67. The maximum absolute atomic E-state index is 10.8. The Bertz CT molecular complexity index is 819. The standard InChI is InChI=1S/C20H24O8/c1-23-11-7-9-13(19(27-5)17(11)25-3)14-10(16(22)15(9)21)8-12(24-2)18(26-4)20(14)28-6/h7-8,15-16,21-22H,1-6H3. The molecule has 3 rings (SSSR count). The number of hydrogen-bond donors (Lipinski definition) is 2. The zero-order chi connectivity index (χ0) is 20.6. The van der Waals surface area contributed by atoms with Crippen LogP contribution < -0.4 is 28.4 Å². The van der Waals surface area contributed by atoms with E-state index in [9.17, 15) is 10.2 Å². The molecule has 2 unspecified atom stereocenters. The van der Waals surface area contributed by atoms with Crippen molar-refractivity contribution < 1.29 is 38.6 Å². The van der Waals surface area contributed by atoms with Gasteiger partial charge in [0.2, 0.25) is 11.5 Å².